The van der Waals surface area contributed by atoms with Crippen molar-refractivity contribution in [3.63, 3.8) is 0 Å². The monoisotopic (exact) mass is 251 g/mol. The lowest BCUT2D eigenvalue weighted by Gasteiger charge is -2.03. The van der Waals surface area contributed by atoms with Crippen LogP contribution in [0.2, 0.25) is 0 Å². The first-order valence-corrected chi connectivity index (χ1v) is 5.26. The summed E-state index contributed by atoms with van der Waals surface area (Å²) in [7, 11) is 0. The highest BCUT2D eigenvalue weighted by Crippen LogP contribution is 2.21. The third-order valence-corrected chi connectivity index (χ3v) is 2.32. The first-order valence-electron chi connectivity index (χ1n) is 4.46. The van der Waals surface area contributed by atoms with Gasteiger partial charge in [0.15, 0.2) is 0 Å². The standard InChI is InChI=1S/C12H14BrN/c1-9(2)11-6-10(4-3-5-14)7-12(13)8-11/h3-4,6-8H,1,5,14H2,2H3/b4-3+. The quantitative estimate of drug-likeness (QED) is 0.875. The highest BCUT2D eigenvalue weighted by Gasteiger charge is 1.97. The number of rotatable bonds is 3. The third kappa shape index (κ3) is 3.13. The Kier molecular flexibility index (Phi) is 4.11. The fraction of sp³-hybridized carbons (Fsp3) is 0.167. The number of hydrogen-bond donors (Lipinski definition) is 1. The molecular formula is C12H14BrN. The molecule has 0 aromatic heterocycles. The Hall–Kier alpha value is -0.860. The zero-order valence-electron chi connectivity index (χ0n) is 8.26. The minimum atomic E-state index is 0.564. The van der Waals surface area contributed by atoms with Crippen molar-refractivity contribution in [2.45, 2.75) is 6.92 Å². The SMILES string of the molecule is C=C(C)c1cc(Br)cc(/C=C/CN)c1. The van der Waals surface area contributed by atoms with Crippen molar-refractivity contribution in [2.75, 3.05) is 6.54 Å². The van der Waals surface area contributed by atoms with Crippen LogP contribution in [0, 0.1) is 0 Å². The Balaban J connectivity index is 3.07. The van der Waals surface area contributed by atoms with Crippen LogP contribution in [-0.4, -0.2) is 6.54 Å². The molecule has 0 radical (unpaired) electrons. The minimum absolute atomic E-state index is 0.564. The maximum atomic E-state index is 5.40. The maximum Gasteiger partial charge on any atom is 0.0187 e. The largest absolute Gasteiger partial charge is 0.327 e. The smallest absolute Gasteiger partial charge is 0.0187 e. The normalized spacial score (nSPS) is 10.8. The van der Waals surface area contributed by atoms with E-state index in [4.69, 9.17) is 5.73 Å². The molecule has 0 bridgehead atoms. The Morgan fingerprint density at radius 2 is 2.21 bits per heavy atom. The van der Waals surface area contributed by atoms with E-state index in [1.807, 2.05) is 19.1 Å². The number of nitrogens with two attached hydrogens (primary N) is 1. The highest BCUT2D eigenvalue weighted by atomic mass is 79.9. The molecule has 1 aromatic rings. The van der Waals surface area contributed by atoms with E-state index in [2.05, 4.69) is 40.7 Å². The van der Waals surface area contributed by atoms with E-state index in [9.17, 15) is 0 Å². The zero-order chi connectivity index (χ0) is 10.6. The predicted octanol–water partition coefficient (Wildman–Crippen LogP) is 3.45. The Labute approximate surface area is 93.4 Å². The summed E-state index contributed by atoms with van der Waals surface area (Å²) in [5, 5.41) is 0. The van der Waals surface area contributed by atoms with E-state index in [0.717, 1.165) is 21.2 Å². The van der Waals surface area contributed by atoms with Gasteiger partial charge in [0, 0.05) is 11.0 Å². The Morgan fingerprint density at radius 1 is 1.50 bits per heavy atom. The molecule has 0 spiro atoms. The van der Waals surface area contributed by atoms with Gasteiger partial charge in [0.2, 0.25) is 0 Å². The second-order valence-corrected chi connectivity index (χ2v) is 4.11. The first kappa shape index (κ1) is 11.2. The van der Waals surface area contributed by atoms with Crippen LogP contribution < -0.4 is 5.73 Å². The van der Waals surface area contributed by atoms with E-state index in [-0.39, 0.29) is 0 Å². The van der Waals surface area contributed by atoms with Gasteiger partial charge in [-0.05, 0) is 36.2 Å². The maximum absolute atomic E-state index is 5.40. The molecule has 0 aliphatic rings. The van der Waals surface area contributed by atoms with Gasteiger partial charge in [-0.3, -0.25) is 0 Å². The summed E-state index contributed by atoms with van der Waals surface area (Å²) in [6.45, 7) is 6.48. The van der Waals surface area contributed by atoms with Crippen molar-refractivity contribution in [2.24, 2.45) is 5.73 Å². The van der Waals surface area contributed by atoms with Crippen LogP contribution >= 0.6 is 15.9 Å². The number of allylic oxidation sites excluding steroid dienone is 1. The van der Waals surface area contributed by atoms with Crippen LogP contribution in [0.15, 0.2) is 35.3 Å². The average Bonchev–Trinajstić information content (AvgIpc) is 2.14. The molecule has 0 aliphatic heterocycles. The van der Waals surface area contributed by atoms with Gasteiger partial charge in [0.05, 0.1) is 0 Å². The molecule has 74 valence electrons. The second kappa shape index (κ2) is 5.13. The lowest BCUT2D eigenvalue weighted by molar-refractivity contribution is 1.26. The zero-order valence-corrected chi connectivity index (χ0v) is 9.84. The van der Waals surface area contributed by atoms with Crippen LogP contribution in [0.4, 0.5) is 0 Å². The molecular weight excluding hydrogens is 238 g/mol. The van der Waals surface area contributed by atoms with Crippen molar-refractivity contribution in [3.05, 3.63) is 46.5 Å². The lowest BCUT2D eigenvalue weighted by atomic mass is 10.1. The summed E-state index contributed by atoms with van der Waals surface area (Å²) in [5.41, 5.74) is 8.75. The summed E-state index contributed by atoms with van der Waals surface area (Å²) in [4.78, 5) is 0. The molecule has 0 atom stereocenters. The number of benzene rings is 1. The molecule has 2 heteroatoms. The van der Waals surface area contributed by atoms with E-state index < -0.39 is 0 Å². The molecule has 0 saturated heterocycles. The van der Waals surface area contributed by atoms with Crippen molar-refractivity contribution in [1.29, 1.82) is 0 Å². The molecule has 1 nitrogen and oxygen atoms in total. The van der Waals surface area contributed by atoms with E-state index >= 15 is 0 Å². The molecule has 0 heterocycles. The molecule has 0 amide bonds. The van der Waals surface area contributed by atoms with Crippen LogP contribution in [0.25, 0.3) is 11.6 Å². The van der Waals surface area contributed by atoms with Gasteiger partial charge >= 0.3 is 0 Å². The Bertz CT molecular complexity index is 367. The van der Waals surface area contributed by atoms with Gasteiger partial charge in [-0.2, -0.15) is 0 Å². The second-order valence-electron chi connectivity index (χ2n) is 3.19. The molecule has 14 heavy (non-hydrogen) atoms. The van der Waals surface area contributed by atoms with E-state index in [1.54, 1.807) is 0 Å². The fourth-order valence-corrected chi connectivity index (χ4v) is 1.67. The predicted molar refractivity (Wildman–Crippen MR) is 66.9 cm³/mol. The summed E-state index contributed by atoms with van der Waals surface area (Å²) in [5.74, 6) is 0. The molecule has 1 rings (SSSR count). The van der Waals surface area contributed by atoms with Crippen LogP contribution in [0.1, 0.15) is 18.1 Å². The van der Waals surface area contributed by atoms with E-state index in [1.165, 1.54) is 0 Å². The molecule has 0 unspecified atom stereocenters. The molecule has 2 N–H and O–H groups in total. The number of halogens is 1. The lowest BCUT2D eigenvalue weighted by Crippen LogP contribution is -1.92. The van der Waals surface area contributed by atoms with Crippen LogP contribution in [0.5, 0.6) is 0 Å². The first-order chi connectivity index (χ1) is 6.63. The molecule has 1 aromatic carbocycles. The minimum Gasteiger partial charge on any atom is -0.327 e. The Morgan fingerprint density at radius 3 is 2.79 bits per heavy atom. The summed E-state index contributed by atoms with van der Waals surface area (Å²) in [6.07, 6.45) is 3.95. The van der Waals surface area contributed by atoms with Crippen molar-refractivity contribution in [1.82, 2.24) is 0 Å². The summed E-state index contributed by atoms with van der Waals surface area (Å²) in [6, 6.07) is 6.21. The van der Waals surface area contributed by atoms with Gasteiger partial charge in [-0.15, -0.1) is 0 Å². The van der Waals surface area contributed by atoms with Gasteiger partial charge < -0.3 is 5.73 Å². The summed E-state index contributed by atoms with van der Waals surface area (Å²) >= 11 is 3.47. The van der Waals surface area contributed by atoms with Crippen LogP contribution in [0.3, 0.4) is 0 Å². The number of hydrogen-bond acceptors (Lipinski definition) is 1. The molecule has 0 fully saturated rings. The highest BCUT2D eigenvalue weighted by molar-refractivity contribution is 9.10. The van der Waals surface area contributed by atoms with Gasteiger partial charge in [-0.1, -0.05) is 40.2 Å². The van der Waals surface area contributed by atoms with Crippen molar-refractivity contribution >= 4 is 27.6 Å². The van der Waals surface area contributed by atoms with Gasteiger partial charge in [0.1, 0.15) is 0 Å². The topological polar surface area (TPSA) is 26.0 Å². The summed E-state index contributed by atoms with van der Waals surface area (Å²) < 4.78 is 1.06. The van der Waals surface area contributed by atoms with Crippen LogP contribution in [-0.2, 0) is 0 Å². The van der Waals surface area contributed by atoms with Gasteiger partial charge in [0.25, 0.3) is 0 Å². The third-order valence-electron chi connectivity index (χ3n) is 1.86. The van der Waals surface area contributed by atoms with Gasteiger partial charge in [-0.25, -0.2) is 0 Å². The average molecular weight is 252 g/mol. The molecule has 0 aliphatic carbocycles. The van der Waals surface area contributed by atoms with Crippen molar-refractivity contribution < 1.29 is 0 Å². The van der Waals surface area contributed by atoms with Crippen molar-refractivity contribution in [3.8, 4) is 0 Å². The molecule has 0 saturated carbocycles. The fourth-order valence-electron chi connectivity index (χ4n) is 1.16. The van der Waals surface area contributed by atoms with E-state index in [0.29, 0.717) is 6.54 Å².